The average Bonchev–Trinajstić information content (AvgIpc) is 3.18. The molecule has 0 saturated carbocycles. The third-order valence-corrected chi connectivity index (χ3v) is 6.46. The molecule has 0 aliphatic rings. The molecule has 3 rings (SSSR count). The lowest BCUT2D eigenvalue weighted by atomic mass is 10.1. The SMILES string of the molecule is CN(CCCc1cc(-c2ccccc2)no1)CCCS(=O)(=O)c1ccccc1. The number of benzene rings is 2. The van der Waals surface area contributed by atoms with Crippen LogP contribution in [0.25, 0.3) is 11.3 Å². The molecule has 0 amide bonds. The van der Waals surface area contributed by atoms with Gasteiger partial charge in [0.15, 0.2) is 9.84 Å². The molecule has 0 saturated heterocycles. The maximum Gasteiger partial charge on any atom is 0.178 e. The van der Waals surface area contributed by atoms with Crippen molar-refractivity contribution in [3.63, 3.8) is 0 Å². The monoisotopic (exact) mass is 398 g/mol. The number of rotatable bonds is 10. The summed E-state index contributed by atoms with van der Waals surface area (Å²) in [4.78, 5) is 2.56. The highest BCUT2D eigenvalue weighted by atomic mass is 32.2. The van der Waals surface area contributed by atoms with Crippen molar-refractivity contribution < 1.29 is 12.9 Å². The molecule has 28 heavy (non-hydrogen) atoms. The van der Waals surface area contributed by atoms with Crippen molar-refractivity contribution in [3.8, 4) is 11.3 Å². The number of hydrogen-bond acceptors (Lipinski definition) is 5. The third kappa shape index (κ3) is 5.78. The minimum Gasteiger partial charge on any atom is -0.361 e. The van der Waals surface area contributed by atoms with E-state index in [4.69, 9.17) is 4.52 Å². The molecule has 0 aliphatic heterocycles. The Bertz CT molecular complexity index is 954. The van der Waals surface area contributed by atoms with Crippen LogP contribution in [0.1, 0.15) is 18.6 Å². The highest BCUT2D eigenvalue weighted by molar-refractivity contribution is 7.91. The molecule has 3 aromatic rings. The van der Waals surface area contributed by atoms with Crippen LogP contribution in [-0.2, 0) is 16.3 Å². The van der Waals surface area contributed by atoms with E-state index in [2.05, 4.69) is 10.1 Å². The largest absolute Gasteiger partial charge is 0.361 e. The van der Waals surface area contributed by atoms with Gasteiger partial charge in [-0.05, 0) is 45.1 Å². The number of aromatic nitrogens is 1. The van der Waals surface area contributed by atoms with E-state index in [1.807, 2.05) is 49.5 Å². The summed E-state index contributed by atoms with van der Waals surface area (Å²) in [6.45, 7) is 1.63. The van der Waals surface area contributed by atoms with Crippen LogP contribution in [0.15, 0.2) is 76.1 Å². The zero-order valence-electron chi connectivity index (χ0n) is 16.1. The van der Waals surface area contributed by atoms with Gasteiger partial charge in [0.1, 0.15) is 11.5 Å². The molecule has 148 valence electrons. The van der Waals surface area contributed by atoms with Gasteiger partial charge in [0.2, 0.25) is 0 Å². The third-order valence-electron chi connectivity index (χ3n) is 4.65. The summed E-state index contributed by atoms with van der Waals surface area (Å²) in [7, 11) is -1.17. The zero-order chi connectivity index (χ0) is 19.8. The summed E-state index contributed by atoms with van der Waals surface area (Å²) in [5.74, 6) is 1.04. The number of sulfone groups is 1. The second kappa shape index (κ2) is 9.66. The minimum atomic E-state index is -3.19. The van der Waals surface area contributed by atoms with Crippen LogP contribution in [0.2, 0.25) is 0 Å². The van der Waals surface area contributed by atoms with E-state index < -0.39 is 9.84 Å². The number of nitrogens with zero attached hydrogens (tertiary/aromatic N) is 2. The Hall–Kier alpha value is -2.44. The van der Waals surface area contributed by atoms with Gasteiger partial charge in [0, 0.05) is 18.1 Å². The summed E-state index contributed by atoms with van der Waals surface area (Å²) >= 11 is 0. The molecule has 6 heteroatoms. The van der Waals surface area contributed by atoms with E-state index >= 15 is 0 Å². The molecule has 0 N–H and O–H groups in total. The van der Waals surface area contributed by atoms with Gasteiger partial charge in [-0.25, -0.2) is 8.42 Å². The molecule has 0 aliphatic carbocycles. The van der Waals surface area contributed by atoms with Gasteiger partial charge in [0.25, 0.3) is 0 Å². The van der Waals surface area contributed by atoms with E-state index in [-0.39, 0.29) is 5.75 Å². The summed E-state index contributed by atoms with van der Waals surface area (Å²) < 4.78 is 30.0. The van der Waals surface area contributed by atoms with Gasteiger partial charge in [-0.3, -0.25) is 0 Å². The van der Waals surface area contributed by atoms with E-state index in [0.717, 1.165) is 42.9 Å². The molecular formula is C22H26N2O3S. The summed E-state index contributed by atoms with van der Waals surface area (Å²) in [5, 5.41) is 4.13. The van der Waals surface area contributed by atoms with Crippen molar-refractivity contribution in [1.82, 2.24) is 10.1 Å². The highest BCUT2D eigenvalue weighted by Crippen LogP contribution is 2.19. The van der Waals surface area contributed by atoms with Gasteiger partial charge < -0.3 is 9.42 Å². The van der Waals surface area contributed by atoms with Gasteiger partial charge in [-0.15, -0.1) is 0 Å². The molecule has 0 fully saturated rings. The van der Waals surface area contributed by atoms with Crippen molar-refractivity contribution >= 4 is 9.84 Å². The molecule has 1 aromatic heterocycles. The first kappa shape index (κ1) is 20.3. The van der Waals surface area contributed by atoms with Gasteiger partial charge in [-0.1, -0.05) is 53.7 Å². The lowest BCUT2D eigenvalue weighted by Crippen LogP contribution is -2.23. The lowest BCUT2D eigenvalue weighted by Gasteiger charge is -2.15. The van der Waals surface area contributed by atoms with Crippen molar-refractivity contribution in [1.29, 1.82) is 0 Å². The van der Waals surface area contributed by atoms with E-state index in [1.54, 1.807) is 24.3 Å². The molecule has 0 bridgehead atoms. The first-order chi connectivity index (χ1) is 13.5. The fraction of sp³-hybridized carbons (Fsp3) is 0.318. The second-order valence-corrected chi connectivity index (χ2v) is 9.05. The molecule has 0 unspecified atom stereocenters. The van der Waals surface area contributed by atoms with Crippen molar-refractivity contribution in [3.05, 3.63) is 72.5 Å². The molecule has 0 radical (unpaired) electrons. The Morgan fingerprint density at radius 3 is 2.29 bits per heavy atom. The topological polar surface area (TPSA) is 63.4 Å². The average molecular weight is 399 g/mol. The Kier molecular flexibility index (Phi) is 7.01. The second-order valence-electron chi connectivity index (χ2n) is 6.94. The van der Waals surface area contributed by atoms with Crippen molar-refractivity contribution in [2.75, 3.05) is 25.9 Å². The first-order valence-corrected chi connectivity index (χ1v) is 11.2. The predicted molar refractivity (Wildman–Crippen MR) is 111 cm³/mol. The Balaban J connectivity index is 1.38. The van der Waals surface area contributed by atoms with Crippen LogP contribution in [0.3, 0.4) is 0 Å². The van der Waals surface area contributed by atoms with Gasteiger partial charge in [-0.2, -0.15) is 0 Å². The number of aryl methyl sites for hydroxylation is 1. The highest BCUT2D eigenvalue weighted by Gasteiger charge is 2.14. The van der Waals surface area contributed by atoms with Crippen LogP contribution in [-0.4, -0.2) is 44.4 Å². The van der Waals surface area contributed by atoms with E-state index in [9.17, 15) is 8.42 Å². The van der Waals surface area contributed by atoms with Crippen LogP contribution in [0, 0.1) is 0 Å². The number of hydrogen-bond donors (Lipinski definition) is 0. The summed E-state index contributed by atoms with van der Waals surface area (Å²) in [6.07, 6.45) is 2.37. The maximum absolute atomic E-state index is 12.3. The zero-order valence-corrected chi connectivity index (χ0v) is 16.9. The van der Waals surface area contributed by atoms with Gasteiger partial charge in [0.05, 0.1) is 10.6 Å². The van der Waals surface area contributed by atoms with E-state index in [1.165, 1.54) is 0 Å². The summed E-state index contributed by atoms with van der Waals surface area (Å²) in [5.41, 5.74) is 1.91. The quantitative estimate of drug-likeness (QED) is 0.515. The maximum atomic E-state index is 12.3. The Morgan fingerprint density at radius 2 is 1.57 bits per heavy atom. The Labute approximate surface area is 166 Å². The first-order valence-electron chi connectivity index (χ1n) is 9.52. The standard InChI is InChI=1S/C22H26N2O3S/c1-24(16-9-17-28(25,26)21-13-6-3-7-14-21)15-8-12-20-18-22(23-27-20)19-10-4-2-5-11-19/h2-7,10-11,13-14,18H,8-9,12,15-17H2,1H3. The molecule has 0 atom stereocenters. The van der Waals surface area contributed by atoms with Crippen LogP contribution < -0.4 is 0 Å². The normalized spacial score (nSPS) is 11.8. The smallest absolute Gasteiger partial charge is 0.178 e. The van der Waals surface area contributed by atoms with Gasteiger partial charge >= 0.3 is 0 Å². The molecule has 5 nitrogen and oxygen atoms in total. The molecular weight excluding hydrogens is 372 g/mol. The van der Waals surface area contributed by atoms with E-state index in [0.29, 0.717) is 11.3 Å². The van der Waals surface area contributed by atoms with Crippen molar-refractivity contribution in [2.45, 2.75) is 24.2 Å². The Morgan fingerprint density at radius 1 is 0.929 bits per heavy atom. The molecule has 1 heterocycles. The van der Waals surface area contributed by atoms with Crippen LogP contribution in [0.5, 0.6) is 0 Å². The fourth-order valence-electron chi connectivity index (χ4n) is 3.08. The van der Waals surface area contributed by atoms with Crippen molar-refractivity contribution in [2.24, 2.45) is 0 Å². The minimum absolute atomic E-state index is 0.171. The fourth-order valence-corrected chi connectivity index (χ4v) is 4.40. The van der Waals surface area contributed by atoms with Crippen LogP contribution in [0.4, 0.5) is 0 Å². The summed E-state index contributed by atoms with van der Waals surface area (Å²) in [6, 6.07) is 20.6. The lowest BCUT2D eigenvalue weighted by molar-refractivity contribution is 0.319. The predicted octanol–water partition coefficient (Wildman–Crippen LogP) is 4.07. The van der Waals surface area contributed by atoms with Crippen LogP contribution >= 0.6 is 0 Å². The molecule has 0 spiro atoms. The molecule has 2 aromatic carbocycles.